The van der Waals surface area contributed by atoms with E-state index in [-0.39, 0.29) is 0 Å². The summed E-state index contributed by atoms with van der Waals surface area (Å²) in [7, 11) is 1.98. The van der Waals surface area contributed by atoms with Gasteiger partial charge in [-0.3, -0.25) is 0 Å². The fourth-order valence-electron chi connectivity index (χ4n) is 2.40. The highest BCUT2D eigenvalue weighted by Crippen LogP contribution is 2.33. The topological polar surface area (TPSA) is 12.0 Å². The standard InChI is InChI=1S/C15H20ClN/c1-11-3-5-12(6-4-11)15-9-14(16)8-7-13(15)10-17-2/h5,7-9,11,17H,3-4,6,10H2,1-2H3. The van der Waals surface area contributed by atoms with Crippen LogP contribution in [0.2, 0.25) is 5.02 Å². The van der Waals surface area contributed by atoms with Crippen molar-refractivity contribution in [2.75, 3.05) is 7.05 Å². The molecule has 1 aromatic rings. The molecule has 1 nitrogen and oxygen atoms in total. The molecule has 2 heteroatoms. The summed E-state index contributed by atoms with van der Waals surface area (Å²) in [6.45, 7) is 3.22. The Morgan fingerprint density at radius 2 is 2.24 bits per heavy atom. The van der Waals surface area contributed by atoms with Gasteiger partial charge in [0.05, 0.1) is 0 Å². The molecule has 1 N–H and O–H groups in total. The van der Waals surface area contributed by atoms with E-state index in [0.29, 0.717) is 0 Å². The Morgan fingerprint density at radius 3 is 2.88 bits per heavy atom. The molecule has 0 aromatic heterocycles. The zero-order chi connectivity index (χ0) is 12.3. The Hall–Kier alpha value is -0.790. The van der Waals surface area contributed by atoms with Crippen molar-refractivity contribution in [3.05, 3.63) is 40.4 Å². The predicted molar refractivity (Wildman–Crippen MR) is 75.2 cm³/mol. The molecule has 2 rings (SSSR count). The molecule has 0 aliphatic heterocycles. The smallest absolute Gasteiger partial charge is 0.0412 e. The summed E-state index contributed by atoms with van der Waals surface area (Å²) in [6, 6.07) is 6.22. The molecule has 92 valence electrons. The van der Waals surface area contributed by atoms with Gasteiger partial charge in [-0.25, -0.2) is 0 Å². The third-order valence-corrected chi connectivity index (χ3v) is 3.69. The van der Waals surface area contributed by atoms with Gasteiger partial charge in [0.1, 0.15) is 0 Å². The lowest BCUT2D eigenvalue weighted by Gasteiger charge is -2.20. The zero-order valence-corrected chi connectivity index (χ0v) is 11.3. The third-order valence-electron chi connectivity index (χ3n) is 3.46. The predicted octanol–water partition coefficient (Wildman–Crippen LogP) is 4.26. The second-order valence-electron chi connectivity index (χ2n) is 4.94. The summed E-state index contributed by atoms with van der Waals surface area (Å²) < 4.78 is 0. The maximum Gasteiger partial charge on any atom is 0.0412 e. The number of benzene rings is 1. The third kappa shape index (κ3) is 3.11. The van der Waals surface area contributed by atoms with E-state index in [0.717, 1.165) is 17.5 Å². The number of allylic oxidation sites excluding steroid dienone is 2. The molecule has 0 saturated carbocycles. The van der Waals surface area contributed by atoms with Gasteiger partial charge < -0.3 is 5.32 Å². The number of nitrogens with one attached hydrogen (secondary N) is 1. The van der Waals surface area contributed by atoms with Crippen LogP contribution in [0.25, 0.3) is 5.57 Å². The van der Waals surface area contributed by atoms with E-state index < -0.39 is 0 Å². The van der Waals surface area contributed by atoms with E-state index in [2.05, 4.69) is 30.4 Å². The zero-order valence-electron chi connectivity index (χ0n) is 10.6. The minimum absolute atomic E-state index is 0.825. The highest BCUT2D eigenvalue weighted by atomic mass is 35.5. The number of hydrogen-bond donors (Lipinski definition) is 1. The molecule has 1 unspecified atom stereocenters. The molecular formula is C15H20ClN. The first-order valence-corrected chi connectivity index (χ1v) is 6.71. The summed E-state index contributed by atoms with van der Waals surface area (Å²) in [6.07, 6.45) is 6.05. The van der Waals surface area contributed by atoms with Crippen molar-refractivity contribution in [1.29, 1.82) is 0 Å². The first-order valence-electron chi connectivity index (χ1n) is 6.33. The highest BCUT2D eigenvalue weighted by Gasteiger charge is 2.14. The Balaban J connectivity index is 2.32. The van der Waals surface area contributed by atoms with Crippen molar-refractivity contribution in [3.8, 4) is 0 Å². The van der Waals surface area contributed by atoms with E-state index in [4.69, 9.17) is 11.6 Å². The highest BCUT2D eigenvalue weighted by molar-refractivity contribution is 6.30. The van der Waals surface area contributed by atoms with Crippen LogP contribution < -0.4 is 5.32 Å². The van der Waals surface area contributed by atoms with Crippen LogP contribution in [0.3, 0.4) is 0 Å². The van der Waals surface area contributed by atoms with Gasteiger partial charge in [-0.2, -0.15) is 0 Å². The molecule has 1 atom stereocenters. The SMILES string of the molecule is CNCc1ccc(Cl)cc1C1=CCC(C)CC1. The summed E-state index contributed by atoms with van der Waals surface area (Å²) in [5.74, 6) is 0.825. The largest absolute Gasteiger partial charge is 0.316 e. The summed E-state index contributed by atoms with van der Waals surface area (Å²) in [4.78, 5) is 0. The van der Waals surface area contributed by atoms with Crippen LogP contribution in [-0.2, 0) is 6.54 Å². The first kappa shape index (κ1) is 12.7. The van der Waals surface area contributed by atoms with Crippen LogP contribution in [0, 0.1) is 5.92 Å². The van der Waals surface area contributed by atoms with Gasteiger partial charge in [-0.15, -0.1) is 0 Å². The molecule has 0 amide bonds. The molecule has 1 aliphatic carbocycles. The summed E-state index contributed by atoms with van der Waals surface area (Å²) in [5, 5.41) is 4.05. The number of rotatable bonds is 3. The Morgan fingerprint density at radius 1 is 1.41 bits per heavy atom. The minimum atomic E-state index is 0.825. The van der Waals surface area contributed by atoms with Gasteiger partial charge in [0, 0.05) is 11.6 Å². The van der Waals surface area contributed by atoms with E-state index in [9.17, 15) is 0 Å². The molecule has 1 aliphatic rings. The van der Waals surface area contributed by atoms with Crippen LogP contribution in [0.4, 0.5) is 0 Å². The van der Waals surface area contributed by atoms with Gasteiger partial charge in [0.15, 0.2) is 0 Å². The van der Waals surface area contributed by atoms with Gasteiger partial charge in [-0.05, 0) is 61.1 Å². The van der Waals surface area contributed by atoms with Gasteiger partial charge >= 0.3 is 0 Å². The lowest BCUT2D eigenvalue weighted by atomic mass is 9.86. The van der Waals surface area contributed by atoms with Gasteiger partial charge in [0.25, 0.3) is 0 Å². The molecule has 0 saturated heterocycles. The fraction of sp³-hybridized carbons (Fsp3) is 0.467. The van der Waals surface area contributed by atoms with Crippen molar-refractivity contribution in [2.24, 2.45) is 5.92 Å². The normalized spacial score (nSPS) is 20.2. The van der Waals surface area contributed by atoms with Crippen LogP contribution in [-0.4, -0.2) is 7.05 Å². The van der Waals surface area contributed by atoms with Crippen molar-refractivity contribution in [1.82, 2.24) is 5.32 Å². The molecule has 0 spiro atoms. The second kappa shape index (κ2) is 5.70. The van der Waals surface area contributed by atoms with Crippen molar-refractivity contribution < 1.29 is 0 Å². The van der Waals surface area contributed by atoms with Crippen LogP contribution >= 0.6 is 11.6 Å². The van der Waals surface area contributed by atoms with E-state index in [1.54, 1.807) is 0 Å². The van der Waals surface area contributed by atoms with E-state index >= 15 is 0 Å². The molecule has 1 aromatic carbocycles. The molecule has 0 heterocycles. The molecule has 0 fully saturated rings. The fourth-order valence-corrected chi connectivity index (χ4v) is 2.57. The Kier molecular flexibility index (Phi) is 4.25. The first-order chi connectivity index (χ1) is 8.20. The monoisotopic (exact) mass is 249 g/mol. The maximum absolute atomic E-state index is 6.12. The van der Waals surface area contributed by atoms with Crippen molar-refractivity contribution in [2.45, 2.75) is 32.7 Å². The number of hydrogen-bond acceptors (Lipinski definition) is 1. The number of halogens is 1. The average molecular weight is 250 g/mol. The Bertz CT molecular complexity index is 423. The lowest BCUT2D eigenvalue weighted by molar-refractivity contribution is 0.533. The van der Waals surface area contributed by atoms with Gasteiger partial charge in [0.2, 0.25) is 0 Å². The van der Waals surface area contributed by atoms with Crippen molar-refractivity contribution in [3.63, 3.8) is 0 Å². The average Bonchev–Trinajstić information content (AvgIpc) is 2.33. The molecule has 0 radical (unpaired) electrons. The Labute approximate surface area is 109 Å². The minimum Gasteiger partial charge on any atom is -0.316 e. The van der Waals surface area contributed by atoms with Crippen molar-refractivity contribution >= 4 is 17.2 Å². The molecule has 17 heavy (non-hydrogen) atoms. The van der Waals surface area contributed by atoms with Crippen LogP contribution in [0.1, 0.15) is 37.3 Å². The van der Waals surface area contributed by atoms with Gasteiger partial charge in [-0.1, -0.05) is 30.7 Å². The molecular weight excluding hydrogens is 230 g/mol. The van der Waals surface area contributed by atoms with E-state index in [1.165, 1.54) is 36.0 Å². The maximum atomic E-state index is 6.12. The second-order valence-corrected chi connectivity index (χ2v) is 5.38. The summed E-state index contributed by atoms with van der Waals surface area (Å²) >= 11 is 6.12. The van der Waals surface area contributed by atoms with E-state index in [1.807, 2.05) is 13.1 Å². The quantitative estimate of drug-likeness (QED) is 0.844. The lowest BCUT2D eigenvalue weighted by Crippen LogP contribution is -2.09. The van der Waals surface area contributed by atoms with Crippen LogP contribution in [0.15, 0.2) is 24.3 Å². The van der Waals surface area contributed by atoms with Crippen LogP contribution in [0.5, 0.6) is 0 Å². The summed E-state index contributed by atoms with van der Waals surface area (Å²) in [5.41, 5.74) is 4.15. The molecule has 0 bridgehead atoms.